The van der Waals surface area contributed by atoms with Gasteiger partial charge in [-0.15, -0.1) is 0 Å². The maximum absolute atomic E-state index is 12.7. The van der Waals surface area contributed by atoms with E-state index in [1.54, 1.807) is 24.3 Å². The van der Waals surface area contributed by atoms with Crippen molar-refractivity contribution in [1.29, 1.82) is 0 Å². The van der Waals surface area contributed by atoms with Crippen molar-refractivity contribution in [1.82, 2.24) is 14.8 Å². The number of nitrogens with one attached hydrogen (secondary N) is 1. The van der Waals surface area contributed by atoms with Crippen molar-refractivity contribution in [3.63, 3.8) is 0 Å². The van der Waals surface area contributed by atoms with Crippen molar-refractivity contribution in [3.8, 4) is 0 Å². The monoisotopic (exact) mass is 389 g/mol. The van der Waals surface area contributed by atoms with E-state index in [-0.39, 0.29) is 17.2 Å². The Kier molecular flexibility index (Phi) is 4.94. The zero-order valence-electron chi connectivity index (χ0n) is 16.7. The number of hydrogen-bond acceptors (Lipinski definition) is 4. The highest BCUT2D eigenvalue weighted by Gasteiger charge is 2.21. The number of aromatic nitrogens is 1. The Labute approximate surface area is 168 Å². The average molecular weight is 389 g/mol. The first-order valence-electron chi connectivity index (χ1n) is 9.47. The van der Waals surface area contributed by atoms with Crippen LogP contribution in [0.4, 0.5) is 0 Å². The van der Waals surface area contributed by atoms with Gasteiger partial charge in [-0.2, -0.15) is 0 Å². The topological polar surface area (TPSA) is 67.5 Å². The van der Waals surface area contributed by atoms with Gasteiger partial charge in [0.25, 0.3) is 5.91 Å². The van der Waals surface area contributed by atoms with E-state index in [0.717, 1.165) is 16.5 Å². The summed E-state index contributed by atoms with van der Waals surface area (Å²) in [5, 5.41) is 4.54. The molecule has 1 atom stereocenters. The van der Waals surface area contributed by atoms with Crippen LogP contribution >= 0.6 is 0 Å². The second-order valence-corrected chi connectivity index (χ2v) is 7.37. The first-order chi connectivity index (χ1) is 14.0. The third-order valence-electron chi connectivity index (χ3n) is 5.22. The van der Waals surface area contributed by atoms with Gasteiger partial charge in [-0.3, -0.25) is 9.59 Å². The zero-order chi connectivity index (χ0) is 20.5. The number of benzene rings is 2. The molecule has 0 saturated carbocycles. The minimum atomic E-state index is -0.403. The second kappa shape index (κ2) is 7.56. The van der Waals surface area contributed by atoms with Gasteiger partial charge in [0.15, 0.2) is 11.2 Å². The molecule has 0 fully saturated rings. The average Bonchev–Trinajstić information content (AvgIpc) is 3.04. The first kappa shape index (κ1) is 19.0. The van der Waals surface area contributed by atoms with Crippen LogP contribution in [-0.2, 0) is 7.05 Å². The minimum absolute atomic E-state index is 0.0177. The van der Waals surface area contributed by atoms with E-state index < -0.39 is 5.91 Å². The van der Waals surface area contributed by atoms with Gasteiger partial charge in [0.2, 0.25) is 0 Å². The Morgan fingerprint density at radius 1 is 1.10 bits per heavy atom. The Morgan fingerprint density at radius 2 is 1.79 bits per heavy atom. The normalized spacial score (nSPS) is 12.6. The summed E-state index contributed by atoms with van der Waals surface area (Å²) in [7, 11) is 5.98. The molecule has 1 amide bonds. The molecule has 6 nitrogen and oxygen atoms in total. The fraction of sp³-hybridized carbons (Fsp3) is 0.217. The van der Waals surface area contributed by atoms with Gasteiger partial charge in [-0.1, -0.05) is 30.3 Å². The molecular weight excluding hydrogens is 366 g/mol. The third kappa shape index (κ3) is 3.54. The van der Waals surface area contributed by atoms with Crippen LogP contribution in [0, 0.1) is 0 Å². The van der Waals surface area contributed by atoms with Gasteiger partial charge < -0.3 is 19.2 Å². The summed E-state index contributed by atoms with van der Waals surface area (Å²) >= 11 is 0. The van der Waals surface area contributed by atoms with E-state index in [1.807, 2.05) is 33.3 Å². The molecule has 4 rings (SSSR count). The van der Waals surface area contributed by atoms with Crippen molar-refractivity contribution in [2.24, 2.45) is 7.05 Å². The van der Waals surface area contributed by atoms with E-state index >= 15 is 0 Å². The Balaban J connectivity index is 1.60. The molecule has 0 unspecified atom stereocenters. The number of aryl methyl sites for hydroxylation is 1. The molecule has 148 valence electrons. The number of nitrogens with zero attached hydrogens (tertiary/aromatic N) is 2. The van der Waals surface area contributed by atoms with Gasteiger partial charge in [0, 0.05) is 36.8 Å². The highest BCUT2D eigenvalue weighted by molar-refractivity contribution is 5.93. The number of para-hydroxylation sites is 2. The summed E-state index contributed by atoms with van der Waals surface area (Å²) < 4.78 is 7.74. The molecular formula is C23H23N3O3. The standard InChI is InChI=1S/C23H23N3O3/c1-25(2)19(17-14-26(3)18-10-6-4-8-15(17)18)13-24-23(28)22-12-20(27)16-9-5-7-11-21(16)29-22/h4-12,14,19H,13H2,1-3H3,(H,24,28)/t19-/m0/s1. The lowest BCUT2D eigenvalue weighted by Gasteiger charge is -2.24. The smallest absolute Gasteiger partial charge is 0.287 e. The minimum Gasteiger partial charge on any atom is -0.451 e. The summed E-state index contributed by atoms with van der Waals surface area (Å²) in [5.41, 5.74) is 2.45. The Bertz CT molecular complexity index is 1250. The summed E-state index contributed by atoms with van der Waals surface area (Å²) in [6.07, 6.45) is 2.09. The van der Waals surface area contributed by atoms with Crippen LogP contribution < -0.4 is 10.7 Å². The molecule has 0 aliphatic rings. The van der Waals surface area contributed by atoms with Crippen molar-refractivity contribution in [2.75, 3.05) is 20.6 Å². The molecule has 0 aliphatic heterocycles. The van der Waals surface area contributed by atoms with Crippen LogP contribution in [0.15, 0.2) is 70.0 Å². The maximum Gasteiger partial charge on any atom is 0.287 e. The van der Waals surface area contributed by atoms with E-state index in [2.05, 4.69) is 33.1 Å². The molecule has 0 spiro atoms. The Morgan fingerprint density at radius 3 is 2.55 bits per heavy atom. The van der Waals surface area contributed by atoms with Crippen LogP contribution in [0.5, 0.6) is 0 Å². The molecule has 0 saturated heterocycles. The Hall–Kier alpha value is -3.38. The molecule has 2 heterocycles. The van der Waals surface area contributed by atoms with Gasteiger partial charge in [0.1, 0.15) is 5.58 Å². The lowest BCUT2D eigenvalue weighted by molar-refractivity contribution is 0.0915. The lowest BCUT2D eigenvalue weighted by atomic mass is 10.0. The van der Waals surface area contributed by atoms with Crippen molar-refractivity contribution >= 4 is 27.8 Å². The fourth-order valence-electron chi connectivity index (χ4n) is 3.70. The van der Waals surface area contributed by atoms with Crippen LogP contribution in [-0.4, -0.2) is 36.0 Å². The summed E-state index contributed by atoms with van der Waals surface area (Å²) in [6.45, 7) is 0.385. The van der Waals surface area contributed by atoms with Crippen LogP contribution in [0.25, 0.3) is 21.9 Å². The molecule has 0 bridgehead atoms. The van der Waals surface area contributed by atoms with Crippen molar-refractivity contribution in [3.05, 3.63) is 82.3 Å². The largest absolute Gasteiger partial charge is 0.451 e. The molecule has 0 radical (unpaired) electrons. The first-order valence-corrected chi connectivity index (χ1v) is 9.47. The van der Waals surface area contributed by atoms with E-state index in [9.17, 15) is 9.59 Å². The number of carbonyl (C=O) groups is 1. The number of hydrogen-bond donors (Lipinski definition) is 1. The van der Waals surface area contributed by atoms with E-state index in [0.29, 0.717) is 17.5 Å². The number of carbonyl (C=O) groups excluding carboxylic acids is 1. The highest BCUT2D eigenvalue weighted by atomic mass is 16.3. The van der Waals surface area contributed by atoms with Crippen LogP contribution in [0.2, 0.25) is 0 Å². The quantitative estimate of drug-likeness (QED) is 0.569. The molecule has 6 heteroatoms. The van der Waals surface area contributed by atoms with Gasteiger partial charge >= 0.3 is 0 Å². The SMILES string of the molecule is CN(C)[C@@H](CNC(=O)c1cc(=O)c2ccccc2o1)c1cn(C)c2ccccc12. The highest BCUT2D eigenvalue weighted by Crippen LogP contribution is 2.28. The zero-order valence-corrected chi connectivity index (χ0v) is 16.7. The molecule has 2 aromatic heterocycles. The number of amides is 1. The molecule has 29 heavy (non-hydrogen) atoms. The predicted octanol–water partition coefficient (Wildman–Crippen LogP) is 3.32. The number of rotatable bonds is 5. The van der Waals surface area contributed by atoms with Crippen LogP contribution in [0.1, 0.15) is 22.2 Å². The molecule has 1 N–H and O–H groups in total. The lowest BCUT2D eigenvalue weighted by Crippen LogP contribution is -2.34. The van der Waals surface area contributed by atoms with Gasteiger partial charge in [-0.05, 0) is 37.9 Å². The maximum atomic E-state index is 12.7. The van der Waals surface area contributed by atoms with E-state index in [4.69, 9.17) is 4.42 Å². The predicted molar refractivity (Wildman–Crippen MR) is 114 cm³/mol. The molecule has 0 aliphatic carbocycles. The summed E-state index contributed by atoms with van der Waals surface area (Å²) in [6, 6.07) is 16.3. The molecule has 2 aromatic carbocycles. The molecule has 4 aromatic rings. The number of fused-ring (bicyclic) bond motifs is 2. The van der Waals surface area contributed by atoms with Crippen molar-refractivity contribution < 1.29 is 9.21 Å². The van der Waals surface area contributed by atoms with Crippen molar-refractivity contribution in [2.45, 2.75) is 6.04 Å². The number of likely N-dealkylation sites (N-methyl/N-ethyl adjacent to an activating group) is 1. The van der Waals surface area contributed by atoms with Gasteiger partial charge in [0.05, 0.1) is 11.4 Å². The van der Waals surface area contributed by atoms with Gasteiger partial charge in [-0.25, -0.2) is 0 Å². The third-order valence-corrected chi connectivity index (χ3v) is 5.22. The van der Waals surface area contributed by atoms with Crippen LogP contribution in [0.3, 0.4) is 0 Å². The van der Waals surface area contributed by atoms with E-state index in [1.165, 1.54) is 6.07 Å². The summed E-state index contributed by atoms with van der Waals surface area (Å²) in [5.74, 6) is -0.385. The fourth-order valence-corrected chi connectivity index (χ4v) is 3.70. The second-order valence-electron chi connectivity index (χ2n) is 7.37. The summed E-state index contributed by atoms with van der Waals surface area (Å²) in [4.78, 5) is 27.0.